The summed E-state index contributed by atoms with van der Waals surface area (Å²) in [4.78, 5) is 15.0. The zero-order valence-corrected chi connectivity index (χ0v) is 11.8. The number of aliphatic carboxylic acids is 1. The number of carboxylic acids is 1. The molecular weight excluding hydrogens is 312 g/mol. The first-order valence-corrected chi connectivity index (χ1v) is 6.90. The number of halogens is 1. The van der Waals surface area contributed by atoms with E-state index in [0.717, 1.165) is 34.2 Å². The second-order valence-corrected chi connectivity index (χ2v) is 5.56. The minimum atomic E-state index is -0.961. The number of aromatic nitrogens is 2. The molecule has 0 amide bonds. The van der Waals surface area contributed by atoms with Crippen LogP contribution in [0.5, 0.6) is 0 Å². The van der Waals surface area contributed by atoms with Crippen LogP contribution in [0.15, 0.2) is 22.7 Å². The van der Waals surface area contributed by atoms with Gasteiger partial charge >= 0.3 is 5.97 Å². The fraction of sp³-hybridized carbons (Fsp3) is 0.385. The van der Waals surface area contributed by atoms with Crippen molar-refractivity contribution in [3.8, 4) is 0 Å². The minimum absolute atomic E-state index is 0.231. The minimum Gasteiger partial charge on any atom is -0.480 e. The maximum absolute atomic E-state index is 10.5. The normalized spacial score (nSPS) is 15.0. The van der Waals surface area contributed by atoms with E-state index in [0.29, 0.717) is 6.04 Å². The van der Waals surface area contributed by atoms with Crippen molar-refractivity contribution in [3.05, 3.63) is 28.5 Å². The lowest BCUT2D eigenvalue weighted by molar-refractivity contribution is -0.142. The summed E-state index contributed by atoms with van der Waals surface area (Å²) in [6.07, 6.45) is 2.29. The molecule has 3 rings (SSSR count). The zero-order valence-electron chi connectivity index (χ0n) is 10.2. The molecule has 19 heavy (non-hydrogen) atoms. The molecule has 1 fully saturated rings. The van der Waals surface area contributed by atoms with E-state index in [1.54, 1.807) is 0 Å². The number of hydrogen-bond acceptors (Lipinski definition) is 3. The Labute approximate surface area is 118 Å². The third-order valence-electron chi connectivity index (χ3n) is 3.09. The summed E-state index contributed by atoms with van der Waals surface area (Å²) in [5.41, 5.74) is 2.00. The first kappa shape index (κ1) is 12.6. The van der Waals surface area contributed by atoms with Crippen LogP contribution in [0, 0.1) is 0 Å². The SMILES string of the molecule is O=C(O)COCc1nc2cc(Br)ccc2n1C1CC1. The van der Waals surface area contributed by atoms with E-state index in [4.69, 9.17) is 9.84 Å². The van der Waals surface area contributed by atoms with Gasteiger partial charge in [-0.25, -0.2) is 9.78 Å². The van der Waals surface area contributed by atoms with E-state index >= 15 is 0 Å². The molecule has 5 nitrogen and oxygen atoms in total. The molecule has 1 aliphatic rings. The number of nitrogens with zero attached hydrogens (tertiary/aromatic N) is 2. The van der Waals surface area contributed by atoms with E-state index in [1.807, 2.05) is 18.2 Å². The topological polar surface area (TPSA) is 64.3 Å². The van der Waals surface area contributed by atoms with Crippen LogP contribution < -0.4 is 0 Å². The van der Waals surface area contributed by atoms with E-state index in [9.17, 15) is 4.79 Å². The number of benzene rings is 1. The van der Waals surface area contributed by atoms with Crippen molar-refractivity contribution < 1.29 is 14.6 Å². The summed E-state index contributed by atoms with van der Waals surface area (Å²) in [7, 11) is 0. The molecule has 0 aliphatic heterocycles. The molecule has 6 heteroatoms. The summed E-state index contributed by atoms with van der Waals surface area (Å²) in [6.45, 7) is -0.0628. The van der Waals surface area contributed by atoms with E-state index in [2.05, 4.69) is 25.5 Å². The largest absolute Gasteiger partial charge is 0.480 e. The average molecular weight is 325 g/mol. The maximum atomic E-state index is 10.5. The van der Waals surface area contributed by atoms with Crippen molar-refractivity contribution in [1.29, 1.82) is 0 Å². The van der Waals surface area contributed by atoms with Gasteiger partial charge in [-0.15, -0.1) is 0 Å². The summed E-state index contributed by atoms with van der Waals surface area (Å²) >= 11 is 3.43. The van der Waals surface area contributed by atoms with Crippen molar-refractivity contribution in [2.75, 3.05) is 6.61 Å². The van der Waals surface area contributed by atoms with Gasteiger partial charge in [-0.3, -0.25) is 0 Å². The Hall–Kier alpha value is -1.40. The van der Waals surface area contributed by atoms with Gasteiger partial charge in [-0.1, -0.05) is 15.9 Å². The number of rotatable bonds is 5. The third-order valence-corrected chi connectivity index (χ3v) is 3.59. The number of ether oxygens (including phenoxy) is 1. The molecule has 0 spiro atoms. The lowest BCUT2D eigenvalue weighted by atomic mass is 10.3. The summed E-state index contributed by atoms with van der Waals surface area (Å²) < 4.78 is 8.32. The number of fused-ring (bicyclic) bond motifs is 1. The molecule has 1 aromatic heterocycles. The Morgan fingerprint density at radius 2 is 2.32 bits per heavy atom. The lowest BCUT2D eigenvalue weighted by Crippen LogP contribution is -2.10. The predicted molar refractivity (Wildman–Crippen MR) is 73.0 cm³/mol. The molecule has 0 bridgehead atoms. The molecule has 1 aromatic carbocycles. The molecule has 1 saturated carbocycles. The first-order valence-electron chi connectivity index (χ1n) is 6.11. The Balaban J connectivity index is 1.93. The van der Waals surface area contributed by atoms with Gasteiger partial charge in [0.15, 0.2) is 0 Å². The molecule has 1 N–H and O–H groups in total. The zero-order chi connectivity index (χ0) is 13.4. The molecule has 0 unspecified atom stereocenters. The van der Waals surface area contributed by atoms with Crippen molar-refractivity contribution in [1.82, 2.24) is 9.55 Å². The van der Waals surface area contributed by atoms with E-state index < -0.39 is 5.97 Å². The molecule has 100 valence electrons. The van der Waals surface area contributed by atoms with Crippen LogP contribution in [-0.2, 0) is 16.1 Å². The van der Waals surface area contributed by atoms with Crippen molar-refractivity contribution in [3.63, 3.8) is 0 Å². The highest BCUT2D eigenvalue weighted by Gasteiger charge is 2.28. The van der Waals surface area contributed by atoms with Crippen LogP contribution in [0.25, 0.3) is 11.0 Å². The average Bonchev–Trinajstić information content (AvgIpc) is 3.11. The predicted octanol–water partition coefficient (Wildman–Crippen LogP) is 2.73. The Bertz CT molecular complexity index is 634. The van der Waals surface area contributed by atoms with Crippen molar-refractivity contribution in [2.24, 2.45) is 0 Å². The smallest absolute Gasteiger partial charge is 0.329 e. The van der Waals surface area contributed by atoms with Gasteiger partial charge < -0.3 is 14.4 Å². The molecule has 1 aliphatic carbocycles. The van der Waals surface area contributed by atoms with E-state index in [1.165, 1.54) is 0 Å². The van der Waals surface area contributed by atoms with Gasteiger partial charge in [-0.05, 0) is 31.0 Å². The fourth-order valence-electron chi connectivity index (χ4n) is 2.19. The van der Waals surface area contributed by atoms with Gasteiger partial charge in [0.2, 0.25) is 0 Å². The van der Waals surface area contributed by atoms with Crippen LogP contribution in [0.2, 0.25) is 0 Å². The monoisotopic (exact) mass is 324 g/mol. The Morgan fingerprint density at radius 3 is 3.00 bits per heavy atom. The summed E-state index contributed by atoms with van der Waals surface area (Å²) in [5.74, 6) is -0.159. The molecule has 0 saturated heterocycles. The van der Waals surface area contributed by atoms with Gasteiger partial charge in [0.25, 0.3) is 0 Å². The van der Waals surface area contributed by atoms with Crippen molar-refractivity contribution in [2.45, 2.75) is 25.5 Å². The fourth-order valence-corrected chi connectivity index (χ4v) is 2.54. The van der Waals surface area contributed by atoms with Crippen LogP contribution >= 0.6 is 15.9 Å². The van der Waals surface area contributed by atoms with Gasteiger partial charge in [-0.2, -0.15) is 0 Å². The molecule has 0 radical (unpaired) electrons. The third kappa shape index (κ3) is 2.64. The van der Waals surface area contributed by atoms with Gasteiger partial charge in [0.05, 0.1) is 11.0 Å². The first-order chi connectivity index (χ1) is 9.15. The maximum Gasteiger partial charge on any atom is 0.329 e. The standard InChI is InChI=1S/C13H13BrN2O3/c14-8-1-4-11-10(5-8)15-12(6-19-7-13(17)18)16(11)9-2-3-9/h1,4-5,9H,2-3,6-7H2,(H,17,18). The van der Waals surface area contributed by atoms with Crippen LogP contribution in [0.1, 0.15) is 24.7 Å². The van der Waals surface area contributed by atoms with Crippen LogP contribution in [0.3, 0.4) is 0 Å². The summed E-state index contributed by atoms with van der Waals surface area (Å²) in [5, 5.41) is 8.60. The van der Waals surface area contributed by atoms with Crippen LogP contribution in [-0.4, -0.2) is 27.2 Å². The number of carboxylic acid groups (broad SMARTS) is 1. The molecule has 0 atom stereocenters. The van der Waals surface area contributed by atoms with Crippen molar-refractivity contribution >= 4 is 32.9 Å². The molecular formula is C13H13BrN2O3. The Kier molecular flexibility index (Phi) is 3.28. The molecule has 2 aromatic rings. The Morgan fingerprint density at radius 1 is 1.53 bits per heavy atom. The van der Waals surface area contributed by atoms with Gasteiger partial charge in [0, 0.05) is 10.5 Å². The number of hydrogen-bond donors (Lipinski definition) is 1. The lowest BCUT2D eigenvalue weighted by Gasteiger charge is -2.07. The number of imidazole rings is 1. The van der Waals surface area contributed by atoms with E-state index in [-0.39, 0.29) is 13.2 Å². The second kappa shape index (κ2) is 4.94. The second-order valence-electron chi connectivity index (χ2n) is 4.65. The van der Waals surface area contributed by atoms with Gasteiger partial charge in [0.1, 0.15) is 19.0 Å². The highest BCUT2D eigenvalue weighted by atomic mass is 79.9. The summed E-state index contributed by atoms with van der Waals surface area (Å²) in [6, 6.07) is 6.47. The quantitative estimate of drug-likeness (QED) is 0.918. The van der Waals surface area contributed by atoms with Crippen LogP contribution in [0.4, 0.5) is 0 Å². The number of carbonyl (C=O) groups is 1. The highest BCUT2D eigenvalue weighted by molar-refractivity contribution is 9.10. The molecule has 1 heterocycles. The highest BCUT2D eigenvalue weighted by Crippen LogP contribution is 2.39.